The van der Waals surface area contributed by atoms with E-state index in [1.165, 1.54) is 0 Å². The third-order valence-corrected chi connectivity index (χ3v) is 2.02. The van der Waals surface area contributed by atoms with Crippen LogP contribution in [0.4, 0.5) is 13.2 Å². The number of rotatable bonds is 6. The Morgan fingerprint density at radius 1 is 1.11 bits per heavy atom. The largest absolute Gasteiger partial charge is 0.490 e. The number of hydrogen-bond acceptors (Lipinski definition) is 3. The number of ether oxygens (including phenoxy) is 2. The van der Waals surface area contributed by atoms with Crippen molar-refractivity contribution in [2.75, 3.05) is 19.8 Å². The van der Waals surface area contributed by atoms with Gasteiger partial charge >= 0.3 is 6.18 Å². The summed E-state index contributed by atoms with van der Waals surface area (Å²) in [6.07, 6.45) is -5.17. The lowest BCUT2D eigenvalue weighted by molar-refractivity contribution is -0.145. The molecule has 0 aliphatic rings. The van der Waals surface area contributed by atoms with Crippen molar-refractivity contribution >= 4 is 0 Å². The predicted molar refractivity (Wildman–Crippen MR) is 58.1 cm³/mol. The van der Waals surface area contributed by atoms with Crippen molar-refractivity contribution in [3.8, 4) is 11.8 Å². The van der Waals surface area contributed by atoms with Crippen LogP contribution in [-0.2, 0) is 4.74 Å². The molecule has 0 heterocycles. The van der Waals surface area contributed by atoms with Crippen LogP contribution in [0.3, 0.4) is 0 Å². The van der Waals surface area contributed by atoms with Gasteiger partial charge in [-0.2, -0.15) is 18.4 Å². The molecule has 1 aromatic carbocycles. The average molecular weight is 259 g/mol. The zero-order valence-electron chi connectivity index (χ0n) is 9.54. The van der Waals surface area contributed by atoms with Crippen LogP contribution in [0.2, 0.25) is 0 Å². The third-order valence-electron chi connectivity index (χ3n) is 2.02. The lowest BCUT2D eigenvalue weighted by Crippen LogP contribution is -2.14. The second-order valence-corrected chi connectivity index (χ2v) is 3.43. The molecule has 0 spiro atoms. The van der Waals surface area contributed by atoms with Gasteiger partial charge in [-0.3, -0.25) is 0 Å². The van der Waals surface area contributed by atoms with Crippen LogP contribution in [0.1, 0.15) is 12.0 Å². The van der Waals surface area contributed by atoms with Crippen molar-refractivity contribution in [3.05, 3.63) is 29.8 Å². The van der Waals surface area contributed by atoms with E-state index in [4.69, 9.17) is 14.7 Å². The first-order valence-electron chi connectivity index (χ1n) is 5.29. The molecular weight excluding hydrogens is 247 g/mol. The average Bonchev–Trinajstić information content (AvgIpc) is 2.32. The smallest absolute Gasteiger partial charge is 0.391 e. The summed E-state index contributed by atoms with van der Waals surface area (Å²) in [5.74, 6) is 0.402. The molecule has 0 radical (unpaired) electrons. The highest BCUT2D eigenvalue weighted by molar-refractivity contribution is 5.42. The molecule has 1 aromatic rings. The Morgan fingerprint density at radius 2 is 1.83 bits per heavy atom. The highest BCUT2D eigenvalue weighted by Gasteiger charge is 2.26. The van der Waals surface area contributed by atoms with Gasteiger partial charge in [-0.15, -0.1) is 0 Å². The van der Waals surface area contributed by atoms with Crippen LogP contribution in [0.25, 0.3) is 0 Å². The standard InChI is InChI=1S/C12H12F3NO2/c13-12(14,15)5-6-17-7-8-18-11-4-2-1-3-10(11)9-16/h1-4H,5-8H2. The van der Waals surface area contributed by atoms with Crippen molar-refractivity contribution in [3.63, 3.8) is 0 Å². The molecule has 1 rings (SSSR count). The minimum Gasteiger partial charge on any atom is -0.490 e. The predicted octanol–water partition coefficient (Wildman–Crippen LogP) is 2.91. The molecule has 0 saturated heterocycles. The minimum absolute atomic E-state index is 0.0514. The Hall–Kier alpha value is -1.74. The first-order chi connectivity index (χ1) is 8.53. The summed E-state index contributed by atoms with van der Waals surface area (Å²) in [7, 11) is 0. The molecule has 0 aliphatic heterocycles. The fourth-order valence-electron chi connectivity index (χ4n) is 1.19. The van der Waals surface area contributed by atoms with Crippen LogP contribution >= 0.6 is 0 Å². The number of alkyl halides is 3. The van der Waals surface area contributed by atoms with Crippen LogP contribution in [-0.4, -0.2) is 26.0 Å². The van der Waals surface area contributed by atoms with Gasteiger partial charge in [0.2, 0.25) is 0 Å². The fraction of sp³-hybridized carbons (Fsp3) is 0.417. The van der Waals surface area contributed by atoms with Crippen LogP contribution in [0.5, 0.6) is 5.75 Å². The Balaban J connectivity index is 2.21. The van der Waals surface area contributed by atoms with Gasteiger partial charge in [0, 0.05) is 0 Å². The Morgan fingerprint density at radius 3 is 2.50 bits per heavy atom. The molecule has 0 bridgehead atoms. The van der Waals surface area contributed by atoms with E-state index in [1.807, 2.05) is 6.07 Å². The van der Waals surface area contributed by atoms with Gasteiger partial charge in [-0.25, -0.2) is 0 Å². The van der Waals surface area contributed by atoms with Crippen LogP contribution in [0, 0.1) is 11.3 Å². The quantitative estimate of drug-likeness (QED) is 0.738. The number of nitrogens with zero attached hydrogens (tertiary/aromatic N) is 1. The molecule has 98 valence electrons. The lowest BCUT2D eigenvalue weighted by Gasteiger charge is -2.09. The SMILES string of the molecule is N#Cc1ccccc1OCCOCCC(F)(F)F. The summed E-state index contributed by atoms with van der Waals surface area (Å²) in [6.45, 7) is -0.223. The second kappa shape index (κ2) is 6.87. The first-order valence-corrected chi connectivity index (χ1v) is 5.29. The summed E-state index contributed by atoms with van der Waals surface area (Å²) in [5, 5.41) is 8.76. The molecular formula is C12H12F3NO2. The number of halogens is 3. The molecule has 3 nitrogen and oxygen atoms in total. The van der Waals surface area contributed by atoms with Crippen molar-refractivity contribution in [1.82, 2.24) is 0 Å². The van der Waals surface area contributed by atoms with Gasteiger partial charge in [0.1, 0.15) is 18.4 Å². The number of benzene rings is 1. The molecule has 0 saturated carbocycles. The maximum atomic E-state index is 11.8. The lowest BCUT2D eigenvalue weighted by atomic mass is 10.2. The topological polar surface area (TPSA) is 42.2 Å². The van der Waals surface area contributed by atoms with Gasteiger partial charge < -0.3 is 9.47 Å². The monoisotopic (exact) mass is 259 g/mol. The van der Waals surface area contributed by atoms with E-state index in [9.17, 15) is 13.2 Å². The molecule has 0 unspecified atom stereocenters. The van der Waals surface area contributed by atoms with Gasteiger partial charge in [0.25, 0.3) is 0 Å². The molecule has 0 aliphatic carbocycles. The number of hydrogen-bond donors (Lipinski definition) is 0. The Bertz CT molecular complexity index is 413. The van der Waals surface area contributed by atoms with Gasteiger partial charge in [-0.05, 0) is 12.1 Å². The molecule has 6 heteroatoms. The third kappa shape index (κ3) is 5.55. The van der Waals surface area contributed by atoms with E-state index in [-0.39, 0.29) is 19.8 Å². The van der Waals surface area contributed by atoms with Crippen molar-refractivity contribution < 1.29 is 22.6 Å². The number of para-hydroxylation sites is 1. The highest BCUT2D eigenvalue weighted by Crippen LogP contribution is 2.19. The molecule has 0 amide bonds. The zero-order chi connectivity index (χ0) is 13.4. The van der Waals surface area contributed by atoms with Gasteiger partial charge in [-0.1, -0.05) is 12.1 Å². The molecule has 0 fully saturated rings. The molecule has 18 heavy (non-hydrogen) atoms. The fourth-order valence-corrected chi connectivity index (χ4v) is 1.19. The van der Waals surface area contributed by atoms with Crippen LogP contribution in [0.15, 0.2) is 24.3 Å². The second-order valence-electron chi connectivity index (χ2n) is 3.43. The highest BCUT2D eigenvalue weighted by atomic mass is 19.4. The normalized spacial score (nSPS) is 11.0. The minimum atomic E-state index is -4.20. The van der Waals surface area contributed by atoms with Crippen molar-refractivity contribution in [1.29, 1.82) is 5.26 Å². The first kappa shape index (κ1) is 14.3. The van der Waals surface area contributed by atoms with E-state index in [0.29, 0.717) is 11.3 Å². The summed E-state index contributed by atoms with van der Waals surface area (Å²) < 4.78 is 45.4. The molecule has 0 N–H and O–H groups in total. The van der Waals surface area contributed by atoms with E-state index in [1.54, 1.807) is 24.3 Å². The maximum absolute atomic E-state index is 11.8. The maximum Gasteiger partial charge on any atom is 0.391 e. The zero-order valence-corrected chi connectivity index (χ0v) is 9.54. The Labute approximate surface area is 103 Å². The van der Waals surface area contributed by atoms with E-state index in [0.717, 1.165) is 0 Å². The summed E-state index contributed by atoms with van der Waals surface area (Å²) in [6, 6.07) is 8.58. The van der Waals surface area contributed by atoms with Gasteiger partial charge in [0.05, 0.1) is 25.2 Å². The van der Waals surface area contributed by atoms with E-state index < -0.39 is 12.6 Å². The molecule has 0 atom stereocenters. The van der Waals surface area contributed by atoms with Crippen molar-refractivity contribution in [2.45, 2.75) is 12.6 Å². The number of nitriles is 1. The Kier molecular flexibility index (Phi) is 5.46. The van der Waals surface area contributed by atoms with E-state index >= 15 is 0 Å². The van der Waals surface area contributed by atoms with Crippen molar-refractivity contribution in [2.24, 2.45) is 0 Å². The summed E-state index contributed by atoms with van der Waals surface area (Å²) in [5.41, 5.74) is 0.382. The summed E-state index contributed by atoms with van der Waals surface area (Å²) in [4.78, 5) is 0. The van der Waals surface area contributed by atoms with Crippen LogP contribution < -0.4 is 4.74 Å². The van der Waals surface area contributed by atoms with Gasteiger partial charge in [0.15, 0.2) is 0 Å². The summed E-state index contributed by atoms with van der Waals surface area (Å²) >= 11 is 0. The van der Waals surface area contributed by atoms with E-state index in [2.05, 4.69) is 0 Å². The molecule has 0 aromatic heterocycles.